The van der Waals surface area contributed by atoms with Gasteiger partial charge >= 0.3 is 0 Å². The molecule has 1 aromatic heterocycles. The Kier molecular flexibility index (Phi) is 4.39. The average molecular weight is 348 g/mol. The van der Waals surface area contributed by atoms with Crippen LogP contribution in [0.15, 0.2) is 6.20 Å². The van der Waals surface area contributed by atoms with Crippen molar-refractivity contribution in [1.29, 1.82) is 0 Å². The van der Waals surface area contributed by atoms with Crippen molar-refractivity contribution in [1.82, 2.24) is 14.9 Å². The highest BCUT2D eigenvalue weighted by Crippen LogP contribution is 2.30. The molecule has 7 heteroatoms. The van der Waals surface area contributed by atoms with Gasteiger partial charge in [0.05, 0.1) is 30.0 Å². The number of hydrogen-bond acceptors (Lipinski definition) is 6. The van der Waals surface area contributed by atoms with E-state index in [1.54, 1.807) is 6.20 Å². The molecule has 2 saturated heterocycles. The zero-order valence-corrected chi connectivity index (χ0v) is 15.1. The van der Waals surface area contributed by atoms with E-state index in [9.17, 15) is 4.79 Å². The molecule has 3 aliphatic rings. The van der Waals surface area contributed by atoms with Crippen LogP contribution in [0.4, 0.5) is 5.95 Å². The SMILES string of the molecule is C[C@H]1CN(c2ncc3c(n2)CN(C2CCSCC2)C3=O)C[C@H](C)O1. The van der Waals surface area contributed by atoms with E-state index in [0.29, 0.717) is 18.2 Å². The molecule has 6 nitrogen and oxygen atoms in total. The van der Waals surface area contributed by atoms with Crippen molar-refractivity contribution < 1.29 is 9.53 Å². The van der Waals surface area contributed by atoms with Gasteiger partial charge < -0.3 is 14.5 Å². The lowest BCUT2D eigenvalue weighted by Crippen LogP contribution is -2.46. The minimum absolute atomic E-state index is 0.108. The van der Waals surface area contributed by atoms with Gasteiger partial charge in [0.2, 0.25) is 5.95 Å². The molecular formula is C17H24N4O2S. The fourth-order valence-corrected chi connectivity index (χ4v) is 4.96. The van der Waals surface area contributed by atoms with Crippen LogP contribution in [0.3, 0.4) is 0 Å². The number of carbonyl (C=O) groups is 1. The third-order valence-corrected chi connectivity index (χ3v) is 6.05. The third kappa shape index (κ3) is 2.99. The second-order valence-corrected chi connectivity index (χ2v) is 8.19. The van der Waals surface area contributed by atoms with Crippen LogP contribution >= 0.6 is 11.8 Å². The highest BCUT2D eigenvalue weighted by molar-refractivity contribution is 7.99. The van der Waals surface area contributed by atoms with Crippen LogP contribution in [0.2, 0.25) is 0 Å². The number of rotatable bonds is 2. The molecule has 2 fully saturated rings. The predicted octanol–water partition coefficient (Wildman–Crippen LogP) is 1.94. The van der Waals surface area contributed by atoms with Crippen LogP contribution in [0, 0.1) is 0 Å². The first-order valence-electron chi connectivity index (χ1n) is 8.77. The van der Waals surface area contributed by atoms with Crippen molar-refractivity contribution in [2.24, 2.45) is 0 Å². The molecule has 1 aromatic rings. The van der Waals surface area contributed by atoms with E-state index in [2.05, 4.69) is 23.7 Å². The number of carbonyl (C=O) groups excluding carboxylic acids is 1. The third-order valence-electron chi connectivity index (χ3n) is 5.00. The van der Waals surface area contributed by atoms with Crippen LogP contribution < -0.4 is 4.90 Å². The van der Waals surface area contributed by atoms with Gasteiger partial charge in [0.15, 0.2) is 0 Å². The fourth-order valence-electron chi connectivity index (χ4n) is 3.88. The first kappa shape index (κ1) is 16.1. The lowest BCUT2D eigenvalue weighted by atomic mass is 10.1. The van der Waals surface area contributed by atoms with Crippen LogP contribution in [-0.4, -0.2) is 63.6 Å². The molecule has 130 valence electrons. The van der Waals surface area contributed by atoms with E-state index in [1.807, 2.05) is 16.7 Å². The minimum Gasteiger partial charge on any atom is -0.372 e. The van der Waals surface area contributed by atoms with Gasteiger partial charge in [-0.05, 0) is 38.2 Å². The number of thioether (sulfide) groups is 1. The van der Waals surface area contributed by atoms with Crippen LogP contribution in [-0.2, 0) is 11.3 Å². The number of ether oxygens (including phenoxy) is 1. The van der Waals surface area contributed by atoms with Crippen molar-refractivity contribution in [2.45, 2.75) is 51.5 Å². The number of anilines is 1. The number of aromatic nitrogens is 2. The van der Waals surface area contributed by atoms with Crippen molar-refractivity contribution in [2.75, 3.05) is 29.5 Å². The molecule has 2 atom stereocenters. The molecule has 0 radical (unpaired) electrons. The number of morpholine rings is 1. The van der Waals surface area contributed by atoms with Gasteiger partial charge in [-0.25, -0.2) is 9.97 Å². The molecular weight excluding hydrogens is 324 g/mol. The van der Waals surface area contributed by atoms with Crippen LogP contribution in [0.25, 0.3) is 0 Å². The molecule has 0 bridgehead atoms. The summed E-state index contributed by atoms with van der Waals surface area (Å²) < 4.78 is 5.78. The molecule has 0 saturated carbocycles. The molecule has 0 unspecified atom stereocenters. The smallest absolute Gasteiger partial charge is 0.257 e. The van der Waals surface area contributed by atoms with Gasteiger partial charge in [-0.2, -0.15) is 11.8 Å². The molecule has 0 aromatic carbocycles. The number of nitrogens with zero attached hydrogens (tertiary/aromatic N) is 4. The van der Waals surface area contributed by atoms with Gasteiger partial charge in [0.1, 0.15) is 0 Å². The Morgan fingerprint density at radius 1 is 1.21 bits per heavy atom. The van der Waals surface area contributed by atoms with Gasteiger partial charge in [0, 0.05) is 25.3 Å². The fraction of sp³-hybridized carbons (Fsp3) is 0.706. The Morgan fingerprint density at radius 3 is 2.62 bits per heavy atom. The Balaban J connectivity index is 1.54. The quantitative estimate of drug-likeness (QED) is 0.814. The summed E-state index contributed by atoms with van der Waals surface area (Å²) in [4.78, 5) is 26.1. The van der Waals surface area contributed by atoms with E-state index < -0.39 is 0 Å². The normalized spacial score (nSPS) is 28.3. The molecule has 1 amide bonds. The average Bonchev–Trinajstić information content (AvgIpc) is 2.91. The highest BCUT2D eigenvalue weighted by Gasteiger charge is 2.35. The topological polar surface area (TPSA) is 58.6 Å². The lowest BCUT2D eigenvalue weighted by Gasteiger charge is -2.35. The van der Waals surface area contributed by atoms with Crippen molar-refractivity contribution in [3.05, 3.63) is 17.5 Å². The summed E-state index contributed by atoms with van der Waals surface area (Å²) in [6, 6.07) is 0.361. The zero-order chi connectivity index (χ0) is 16.7. The number of hydrogen-bond donors (Lipinski definition) is 0. The maximum Gasteiger partial charge on any atom is 0.257 e. The van der Waals surface area contributed by atoms with Gasteiger partial charge in [-0.3, -0.25) is 4.79 Å². The lowest BCUT2D eigenvalue weighted by molar-refractivity contribution is -0.00573. The van der Waals surface area contributed by atoms with Gasteiger partial charge in [-0.1, -0.05) is 0 Å². The minimum atomic E-state index is 0.108. The van der Waals surface area contributed by atoms with Crippen LogP contribution in [0.5, 0.6) is 0 Å². The molecule has 0 spiro atoms. The van der Waals surface area contributed by atoms with Crippen molar-refractivity contribution >= 4 is 23.6 Å². The van der Waals surface area contributed by atoms with E-state index >= 15 is 0 Å². The van der Waals surface area contributed by atoms with Gasteiger partial charge in [0.25, 0.3) is 5.91 Å². The maximum atomic E-state index is 12.7. The summed E-state index contributed by atoms with van der Waals surface area (Å²) in [6.07, 6.45) is 4.24. The molecule has 0 aliphatic carbocycles. The molecule has 3 aliphatic heterocycles. The first-order chi connectivity index (χ1) is 11.6. The zero-order valence-electron chi connectivity index (χ0n) is 14.3. The monoisotopic (exact) mass is 348 g/mol. The maximum absolute atomic E-state index is 12.7. The second-order valence-electron chi connectivity index (χ2n) is 6.97. The molecule has 0 N–H and O–H groups in total. The summed E-state index contributed by atoms with van der Waals surface area (Å²) in [5, 5.41) is 0. The summed E-state index contributed by atoms with van der Waals surface area (Å²) in [7, 11) is 0. The first-order valence-corrected chi connectivity index (χ1v) is 9.92. The molecule has 4 heterocycles. The van der Waals surface area contributed by atoms with Crippen molar-refractivity contribution in [3.63, 3.8) is 0 Å². The van der Waals surface area contributed by atoms with E-state index in [4.69, 9.17) is 9.72 Å². The number of amides is 1. The van der Waals surface area contributed by atoms with Gasteiger partial charge in [-0.15, -0.1) is 0 Å². The summed E-state index contributed by atoms with van der Waals surface area (Å²) in [5.74, 6) is 3.12. The molecule has 24 heavy (non-hydrogen) atoms. The largest absolute Gasteiger partial charge is 0.372 e. The second kappa shape index (κ2) is 6.52. The Hall–Kier alpha value is -1.34. The summed E-state index contributed by atoms with van der Waals surface area (Å²) >= 11 is 1.98. The van der Waals surface area contributed by atoms with Crippen molar-refractivity contribution in [3.8, 4) is 0 Å². The van der Waals surface area contributed by atoms with E-state index in [1.165, 1.54) is 0 Å². The summed E-state index contributed by atoms with van der Waals surface area (Å²) in [6.45, 7) is 6.36. The van der Waals surface area contributed by atoms with E-state index in [0.717, 1.165) is 49.1 Å². The standard InChI is InChI=1S/C17H24N4O2S/c1-11-8-20(9-12(2)23-11)17-18-7-14-15(19-17)10-21(16(14)22)13-3-5-24-6-4-13/h7,11-13H,3-6,8-10H2,1-2H3/t11-,12-/m0/s1. The van der Waals surface area contributed by atoms with E-state index in [-0.39, 0.29) is 18.1 Å². The molecule has 4 rings (SSSR count). The predicted molar refractivity (Wildman–Crippen MR) is 94.5 cm³/mol. The highest BCUT2D eigenvalue weighted by atomic mass is 32.2. The van der Waals surface area contributed by atoms with Crippen LogP contribution in [0.1, 0.15) is 42.7 Å². The Bertz CT molecular complexity index is 625. The number of fused-ring (bicyclic) bond motifs is 1. The Morgan fingerprint density at radius 2 is 1.92 bits per heavy atom. The Labute approximate surface area is 147 Å². The summed E-state index contributed by atoms with van der Waals surface area (Å²) in [5.41, 5.74) is 1.57.